The summed E-state index contributed by atoms with van der Waals surface area (Å²) in [5.41, 5.74) is 0.516. The molecule has 0 spiro atoms. The summed E-state index contributed by atoms with van der Waals surface area (Å²) in [5, 5.41) is 30.5. The summed E-state index contributed by atoms with van der Waals surface area (Å²) in [6.07, 6.45) is 0. The number of carbonyl (C=O) groups excluding carboxylic acids is 1. The van der Waals surface area contributed by atoms with Crippen molar-refractivity contribution in [2.24, 2.45) is 0 Å². The molecule has 0 aliphatic rings. The number of hydrogen-bond donors (Lipinski definition) is 4. The van der Waals surface area contributed by atoms with Gasteiger partial charge in [-0.2, -0.15) is 0 Å². The third-order valence-corrected chi connectivity index (χ3v) is 2.66. The summed E-state index contributed by atoms with van der Waals surface area (Å²) in [6.45, 7) is 0. The van der Waals surface area contributed by atoms with E-state index < -0.39 is 23.2 Å². The molecule has 0 aliphatic heterocycles. The Morgan fingerprint density at radius 1 is 1.10 bits per heavy atom. The van der Waals surface area contributed by atoms with Crippen LogP contribution in [0, 0.1) is 0 Å². The van der Waals surface area contributed by atoms with Gasteiger partial charge in [-0.15, -0.1) is 0 Å². The second kappa shape index (κ2) is 5.40. The Kier molecular flexibility index (Phi) is 3.65. The van der Waals surface area contributed by atoms with E-state index in [1.807, 2.05) is 0 Å². The van der Waals surface area contributed by atoms with Crippen LogP contribution >= 0.6 is 0 Å². The molecule has 0 radical (unpaired) electrons. The Balaban J connectivity index is 2.23. The number of aromatic hydroxyl groups is 3. The molecular weight excluding hydrogens is 262 g/mol. The molecule has 2 aromatic rings. The van der Waals surface area contributed by atoms with Crippen LogP contribution in [0.1, 0.15) is 10.4 Å². The molecule has 20 heavy (non-hydrogen) atoms. The average Bonchev–Trinajstić information content (AvgIpc) is 2.44. The summed E-state index contributed by atoms with van der Waals surface area (Å²) in [5.74, 6) is -1.76. The van der Waals surface area contributed by atoms with Gasteiger partial charge in [0.15, 0.2) is 17.2 Å². The van der Waals surface area contributed by atoms with Gasteiger partial charge < -0.3 is 25.4 Å². The first-order valence-electron chi connectivity index (χ1n) is 5.71. The highest BCUT2D eigenvalue weighted by atomic mass is 16.5. The largest absolute Gasteiger partial charge is 0.504 e. The van der Waals surface area contributed by atoms with Gasteiger partial charge in [-0.25, -0.2) is 0 Å². The van der Waals surface area contributed by atoms with Crippen molar-refractivity contribution >= 4 is 11.6 Å². The van der Waals surface area contributed by atoms with E-state index in [1.165, 1.54) is 7.11 Å². The van der Waals surface area contributed by atoms with Crippen LogP contribution in [0.25, 0.3) is 0 Å². The fourth-order valence-electron chi connectivity index (χ4n) is 1.64. The molecule has 0 fully saturated rings. The molecule has 4 N–H and O–H groups in total. The first kappa shape index (κ1) is 13.5. The molecule has 2 aromatic carbocycles. The van der Waals surface area contributed by atoms with Gasteiger partial charge in [-0.05, 0) is 24.3 Å². The highest BCUT2D eigenvalue weighted by molar-refractivity contribution is 6.05. The second-order valence-corrected chi connectivity index (χ2v) is 4.05. The molecule has 0 saturated carbocycles. The van der Waals surface area contributed by atoms with Crippen molar-refractivity contribution in [1.29, 1.82) is 0 Å². The SMILES string of the molecule is COc1cccc(NC(=O)c2cc(O)c(O)c(O)c2)c1. The molecule has 0 unspecified atom stereocenters. The van der Waals surface area contributed by atoms with Gasteiger partial charge in [0.25, 0.3) is 5.91 Å². The molecular formula is C14H13NO5. The molecule has 0 saturated heterocycles. The summed E-state index contributed by atoms with van der Waals surface area (Å²) >= 11 is 0. The quantitative estimate of drug-likeness (QED) is 0.643. The van der Waals surface area contributed by atoms with Crippen LogP contribution in [0.4, 0.5) is 5.69 Å². The number of benzene rings is 2. The summed E-state index contributed by atoms with van der Waals surface area (Å²) in [4.78, 5) is 12.0. The zero-order valence-electron chi connectivity index (χ0n) is 10.6. The number of nitrogens with one attached hydrogen (secondary N) is 1. The van der Waals surface area contributed by atoms with Crippen LogP contribution in [-0.2, 0) is 0 Å². The minimum atomic E-state index is -0.664. The third-order valence-electron chi connectivity index (χ3n) is 2.66. The van der Waals surface area contributed by atoms with Crippen LogP contribution in [0.3, 0.4) is 0 Å². The Morgan fingerprint density at radius 3 is 2.35 bits per heavy atom. The van der Waals surface area contributed by atoms with Gasteiger partial charge in [0.05, 0.1) is 7.11 Å². The Morgan fingerprint density at radius 2 is 1.75 bits per heavy atom. The van der Waals surface area contributed by atoms with E-state index in [9.17, 15) is 20.1 Å². The minimum Gasteiger partial charge on any atom is -0.504 e. The topological polar surface area (TPSA) is 99.0 Å². The van der Waals surface area contributed by atoms with Crippen molar-refractivity contribution in [3.8, 4) is 23.0 Å². The first-order chi connectivity index (χ1) is 9.51. The monoisotopic (exact) mass is 275 g/mol. The summed E-state index contributed by atoms with van der Waals surface area (Å²) in [7, 11) is 1.51. The number of amides is 1. The molecule has 0 atom stereocenters. The van der Waals surface area contributed by atoms with Gasteiger partial charge in [0.1, 0.15) is 5.75 Å². The molecule has 0 aromatic heterocycles. The van der Waals surface area contributed by atoms with E-state index >= 15 is 0 Å². The van der Waals surface area contributed by atoms with Crippen molar-refractivity contribution in [3.63, 3.8) is 0 Å². The van der Waals surface area contributed by atoms with E-state index in [1.54, 1.807) is 24.3 Å². The molecule has 0 aliphatic carbocycles. The van der Waals surface area contributed by atoms with Gasteiger partial charge in [0, 0.05) is 17.3 Å². The highest BCUT2D eigenvalue weighted by Crippen LogP contribution is 2.35. The zero-order chi connectivity index (χ0) is 14.7. The van der Waals surface area contributed by atoms with Crippen molar-refractivity contribution in [2.75, 3.05) is 12.4 Å². The Labute approximate surface area is 114 Å². The number of methoxy groups -OCH3 is 1. The smallest absolute Gasteiger partial charge is 0.255 e. The number of phenols is 3. The Hall–Kier alpha value is -2.89. The lowest BCUT2D eigenvalue weighted by Gasteiger charge is -2.08. The fraction of sp³-hybridized carbons (Fsp3) is 0.0714. The lowest BCUT2D eigenvalue weighted by molar-refractivity contribution is 0.102. The zero-order valence-corrected chi connectivity index (χ0v) is 10.6. The van der Waals surface area contributed by atoms with Crippen LogP contribution in [0.15, 0.2) is 36.4 Å². The van der Waals surface area contributed by atoms with E-state index in [0.29, 0.717) is 11.4 Å². The normalized spacial score (nSPS) is 10.1. The highest BCUT2D eigenvalue weighted by Gasteiger charge is 2.13. The molecule has 0 bridgehead atoms. The van der Waals surface area contributed by atoms with Crippen molar-refractivity contribution in [2.45, 2.75) is 0 Å². The standard InChI is InChI=1S/C14H13NO5/c1-20-10-4-2-3-9(7-10)15-14(19)8-5-11(16)13(18)12(17)6-8/h2-7,16-18H,1H3,(H,15,19). The number of phenolic OH excluding ortho intramolecular Hbond substituents is 3. The lowest BCUT2D eigenvalue weighted by atomic mass is 10.1. The number of rotatable bonds is 3. The van der Waals surface area contributed by atoms with Crippen molar-refractivity contribution < 1.29 is 24.9 Å². The molecule has 1 amide bonds. The maximum atomic E-state index is 12.0. The predicted octanol–water partition coefficient (Wildman–Crippen LogP) is 2.06. The average molecular weight is 275 g/mol. The first-order valence-corrected chi connectivity index (χ1v) is 5.71. The Bertz CT molecular complexity index is 631. The maximum absolute atomic E-state index is 12.0. The van der Waals surface area contributed by atoms with Gasteiger partial charge in [0.2, 0.25) is 0 Å². The van der Waals surface area contributed by atoms with Gasteiger partial charge >= 0.3 is 0 Å². The van der Waals surface area contributed by atoms with E-state index in [-0.39, 0.29) is 5.56 Å². The van der Waals surface area contributed by atoms with Crippen LogP contribution in [-0.4, -0.2) is 28.3 Å². The summed E-state index contributed by atoms with van der Waals surface area (Å²) < 4.78 is 5.03. The number of anilines is 1. The molecule has 6 nitrogen and oxygen atoms in total. The van der Waals surface area contributed by atoms with Crippen LogP contribution < -0.4 is 10.1 Å². The molecule has 6 heteroatoms. The molecule has 2 rings (SSSR count). The number of ether oxygens (including phenoxy) is 1. The van der Waals surface area contributed by atoms with Crippen LogP contribution in [0.2, 0.25) is 0 Å². The number of hydrogen-bond acceptors (Lipinski definition) is 5. The van der Waals surface area contributed by atoms with E-state index in [0.717, 1.165) is 12.1 Å². The van der Waals surface area contributed by atoms with E-state index in [2.05, 4.69) is 5.32 Å². The van der Waals surface area contributed by atoms with Crippen molar-refractivity contribution in [1.82, 2.24) is 0 Å². The van der Waals surface area contributed by atoms with Gasteiger partial charge in [-0.1, -0.05) is 6.07 Å². The number of carbonyl (C=O) groups is 1. The van der Waals surface area contributed by atoms with Gasteiger partial charge in [-0.3, -0.25) is 4.79 Å². The lowest BCUT2D eigenvalue weighted by Crippen LogP contribution is -2.11. The van der Waals surface area contributed by atoms with Crippen LogP contribution in [0.5, 0.6) is 23.0 Å². The van der Waals surface area contributed by atoms with E-state index in [4.69, 9.17) is 4.74 Å². The second-order valence-electron chi connectivity index (χ2n) is 4.05. The maximum Gasteiger partial charge on any atom is 0.255 e. The van der Waals surface area contributed by atoms with Crippen molar-refractivity contribution in [3.05, 3.63) is 42.0 Å². The fourth-order valence-corrected chi connectivity index (χ4v) is 1.64. The molecule has 104 valence electrons. The third kappa shape index (κ3) is 2.74. The molecule has 0 heterocycles. The minimum absolute atomic E-state index is 0.0145. The summed E-state index contributed by atoms with van der Waals surface area (Å²) in [6, 6.07) is 8.85. The predicted molar refractivity (Wildman–Crippen MR) is 72.4 cm³/mol.